The van der Waals surface area contributed by atoms with Crippen LogP contribution >= 0.6 is 39.1 Å². The Bertz CT molecular complexity index is 1340. The first kappa shape index (κ1) is 22.1. The van der Waals surface area contributed by atoms with Crippen LogP contribution in [0.5, 0.6) is 0 Å². The highest BCUT2D eigenvalue weighted by Gasteiger charge is 2.25. The van der Waals surface area contributed by atoms with Gasteiger partial charge in [-0.05, 0) is 52.3 Å². The third kappa shape index (κ3) is 4.42. The Hall–Kier alpha value is -2.64. The first-order valence-electron chi connectivity index (χ1n) is 7.99. The van der Waals surface area contributed by atoms with Crippen LogP contribution in [0, 0.1) is 21.4 Å². The molecule has 0 aliphatic rings. The van der Waals surface area contributed by atoms with Gasteiger partial charge in [-0.1, -0.05) is 23.2 Å². The molecule has 2 aromatic carbocycles. The molecule has 1 heterocycles. The lowest BCUT2D eigenvalue weighted by Crippen LogP contribution is -2.04. The van der Waals surface area contributed by atoms with Gasteiger partial charge in [0.15, 0.2) is 4.91 Å². The van der Waals surface area contributed by atoms with E-state index >= 15 is 0 Å². The summed E-state index contributed by atoms with van der Waals surface area (Å²) in [7, 11) is -4.24. The second kappa shape index (κ2) is 8.62. The zero-order chi connectivity index (χ0) is 22.1. The molecule has 11 heteroatoms. The number of nitrogens with zero attached hydrogens (tertiary/aromatic N) is 2. The molecule has 0 aliphatic carbocycles. The SMILES string of the molecule is N#C/C(=C\c1ccc(-c2ccc([N+](=O)[O-])cc2Br)o1)S(=O)(=O)c1cc(Cl)ccc1Cl. The molecule has 30 heavy (non-hydrogen) atoms. The molecule has 0 atom stereocenters. The number of benzene rings is 2. The molecule has 0 amide bonds. The molecule has 0 fully saturated rings. The number of nitriles is 1. The van der Waals surface area contributed by atoms with Gasteiger partial charge < -0.3 is 4.42 Å². The first-order valence-corrected chi connectivity index (χ1v) is 11.0. The molecule has 0 N–H and O–H groups in total. The van der Waals surface area contributed by atoms with Gasteiger partial charge in [0.05, 0.1) is 14.8 Å². The number of hydrogen-bond donors (Lipinski definition) is 0. The molecule has 1 aromatic heterocycles. The highest BCUT2D eigenvalue weighted by molar-refractivity contribution is 9.10. The van der Waals surface area contributed by atoms with Crippen molar-refractivity contribution in [2.45, 2.75) is 4.90 Å². The van der Waals surface area contributed by atoms with Crippen LogP contribution in [0.15, 0.2) is 67.2 Å². The summed E-state index contributed by atoms with van der Waals surface area (Å²) in [4.78, 5) is 9.45. The highest BCUT2D eigenvalue weighted by Crippen LogP contribution is 2.34. The first-order chi connectivity index (χ1) is 14.1. The number of halogens is 3. The normalized spacial score (nSPS) is 11.9. The number of rotatable bonds is 5. The molecule has 152 valence electrons. The number of non-ortho nitro benzene ring substituents is 1. The Morgan fingerprint density at radius 2 is 1.90 bits per heavy atom. The number of hydrogen-bond acceptors (Lipinski definition) is 6. The van der Waals surface area contributed by atoms with Crippen LogP contribution in [0.25, 0.3) is 17.4 Å². The Morgan fingerprint density at radius 3 is 2.53 bits per heavy atom. The summed E-state index contributed by atoms with van der Waals surface area (Å²) in [6.07, 6.45) is 1.06. The van der Waals surface area contributed by atoms with Gasteiger partial charge in [0.1, 0.15) is 17.6 Å². The second-order valence-corrected chi connectivity index (χ2v) is 9.41. The van der Waals surface area contributed by atoms with E-state index in [1.165, 1.54) is 36.4 Å². The Morgan fingerprint density at radius 1 is 1.17 bits per heavy atom. The summed E-state index contributed by atoms with van der Waals surface area (Å²) in [6, 6.07) is 12.7. The van der Waals surface area contributed by atoms with Crippen LogP contribution in [0.3, 0.4) is 0 Å². The molecule has 0 spiro atoms. The molecule has 0 unspecified atom stereocenters. The van der Waals surface area contributed by atoms with E-state index in [1.54, 1.807) is 12.1 Å². The predicted octanol–water partition coefficient (Wildman–Crippen LogP) is 6.26. The fraction of sp³-hybridized carbons (Fsp3) is 0. The minimum absolute atomic E-state index is 0.0736. The smallest absolute Gasteiger partial charge is 0.270 e. The van der Waals surface area contributed by atoms with E-state index in [4.69, 9.17) is 27.6 Å². The minimum Gasteiger partial charge on any atom is -0.457 e. The number of allylic oxidation sites excluding steroid dienone is 1. The molecular formula is C19H9BrCl2N2O5S. The average molecular weight is 528 g/mol. The van der Waals surface area contributed by atoms with Crippen LogP contribution in [-0.2, 0) is 9.84 Å². The van der Waals surface area contributed by atoms with Gasteiger partial charge in [-0.15, -0.1) is 0 Å². The Labute approximate surface area is 189 Å². The van der Waals surface area contributed by atoms with Gasteiger partial charge in [0.25, 0.3) is 5.69 Å². The lowest BCUT2D eigenvalue weighted by Gasteiger charge is -2.05. The maximum atomic E-state index is 12.8. The number of furan rings is 1. The van der Waals surface area contributed by atoms with Crippen molar-refractivity contribution in [3.63, 3.8) is 0 Å². The maximum Gasteiger partial charge on any atom is 0.270 e. The van der Waals surface area contributed by atoms with E-state index in [0.717, 1.165) is 12.1 Å². The molecule has 0 saturated heterocycles. The zero-order valence-corrected chi connectivity index (χ0v) is 18.6. The van der Waals surface area contributed by atoms with Crippen molar-refractivity contribution >= 4 is 60.7 Å². The standard InChI is InChI=1S/C19H9BrCl2N2O5S/c20-16-8-12(24(25)26)2-4-15(16)18-6-3-13(29-18)9-14(10-23)30(27,28)19-7-11(21)1-5-17(19)22/h1-9H/b14-9+. The molecular weight excluding hydrogens is 519 g/mol. The average Bonchev–Trinajstić information content (AvgIpc) is 3.15. The van der Waals surface area contributed by atoms with Gasteiger partial charge >= 0.3 is 0 Å². The second-order valence-electron chi connectivity index (χ2n) is 5.82. The fourth-order valence-corrected chi connectivity index (χ4v) is 4.95. The quantitative estimate of drug-likeness (QED) is 0.219. The number of nitro groups is 1. The highest BCUT2D eigenvalue weighted by atomic mass is 79.9. The number of nitro benzene ring substituents is 1. The molecule has 3 aromatic rings. The summed E-state index contributed by atoms with van der Waals surface area (Å²) in [5.41, 5.74) is 0.410. The van der Waals surface area contributed by atoms with Gasteiger partial charge in [0.2, 0.25) is 9.84 Å². The van der Waals surface area contributed by atoms with E-state index in [2.05, 4.69) is 15.9 Å². The van der Waals surface area contributed by atoms with E-state index in [0.29, 0.717) is 15.8 Å². The van der Waals surface area contributed by atoms with E-state index in [-0.39, 0.29) is 26.4 Å². The molecule has 0 radical (unpaired) electrons. The van der Waals surface area contributed by atoms with Crippen LogP contribution in [0.1, 0.15) is 5.76 Å². The Balaban J connectivity index is 2.01. The van der Waals surface area contributed by atoms with E-state index in [9.17, 15) is 23.8 Å². The van der Waals surface area contributed by atoms with Gasteiger partial charge in [0, 0.05) is 33.3 Å². The van der Waals surface area contributed by atoms with Gasteiger partial charge in [-0.3, -0.25) is 10.1 Å². The minimum atomic E-state index is -4.24. The van der Waals surface area contributed by atoms with Crippen molar-refractivity contribution in [2.24, 2.45) is 0 Å². The van der Waals surface area contributed by atoms with E-state index in [1.807, 2.05) is 0 Å². The molecule has 0 saturated carbocycles. The molecule has 0 bridgehead atoms. The molecule has 7 nitrogen and oxygen atoms in total. The lowest BCUT2D eigenvalue weighted by molar-refractivity contribution is -0.384. The molecule has 3 rings (SSSR count). The summed E-state index contributed by atoms with van der Waals surface area (Å²) in [6.45, 7) is 0. The fourth-order valence-electron chi connectivity index (χ4n) is 2.49. The van der Waals surface area contributed by atoms with Crippen molar-refractivity contribution in [3.8, 4) is 17.4 Å². The maximum absolute atomic E-state index is 12.8. The summed E-state index contributed by atoms with van der Waals surface area (Å²) in [5.74, 6) is 0.409. The van der Waals surface area contributed by atoms with Crippen molar-refractivity contribution in [2.75, 3.05) is 0 Å². The number of sulfone groups is 1. The van der Waals surface area contributed by atoms with Crippen molar-refractivity contribution < 1.29 is 17.8 Å². The van der Waals surface area contributed by atoms with Crippen LogP contribution in [0.4, 0.5) is 5.69 Å². The van der Waals surface area contributed by atoms with Gasteiger partial charge in [-0.25, -0.2) is 8.42 Å². The van der Waals surface area contributed by atoms with Crippen LogP contribution in [0.2, 0.25) is 10.0 Å². The summed E-state index contributed by atoms with van der Waals surface area (Å²) in [5, 5.41) is 20.3. The van der Waals surface area contributed by atoms with Gasteiger partial charge in [-0.2, -0.15) is 5.26 Å². The van der Waals surface area contributed by atoms with Crippen LogP contribution < -0.4 is 0 Å². The van der Waals surface area contributed by atoms with E-state index < -0.39 is 19.7 Å². The monoisotopic (exact) mass is 526 g/mol. The summed E-state index contributed by atoms with van der Waals surface area (Å²) < 4.78 is 31.7. The largest absolute Gasteiger partial charge is 0.457 e. The topological polar surface area (TPSA) is 114 Å². The predicted molar refractivity (Wildman–Crippen MR) is 116 cm³/mol. The third-order valence-electron chi connectivity index (χ3n) is 3.91. The van der Waals surface area contributed by atoms with Crippen molar-refractivity contribution in [1.82, 2.24) is 0 Å². The van der Waals surface area contributed by atoms with Crippen molar-refractivity contribution in [3.05, 3.63) is 83.8 Å². The van der Waals surface area contributed by atoms with Crippen molar-refractivity contribution in [1.29, 1.82) is 5.26 Å². The van der Waals surface area contributed by atoms with Crippen LogP contribution in [-0.4, -0.2) is 13.3 Å². The molecule has 0 aliphatic heterocycles. The zero-order valence-electron chi connectivity index (χ0n) is 14.7. The third-order valence-corrected chi connectivity index (χ3v) is 6.95. The summed E-state index contributed by atoms with van der Waals surface area (Å²) >= 11 is 15.1. The Kier molecular flexibility index (Phi) is 6.33. The lowest BCUT2D eigenvalue weighted by atomic mass is 10.1.